The van der Waals surface area contributed by atoms with Crippen LogP contribution in [0.2, 0.25) is 0 Å². The lowest BCUT2D eigenvalue weighted by Gasteiger charge is -2.26. The number of ether oxygens (including phenoxy) is 1. The number of nitrogens with one attached hydrogen (secondary N) is 2. The molecule has 2 N–H and O–H groups in total. The molecular weight excluding hydrogens is 384 g/mol. The number of urea groups is 1. The van der Waals surface area contributed by atoms with E-state index in [1.807, 2.05) is 74.1 Å². The van der Waals surface area contributed by atoms with Crippen LogP contribution in [-0.2, 0) is 6.54 Å². The van der Waals surface area contributed by atoms with Crippen LogP contribution in [0.25, 0.3) is 11.3 Å². The van der Waals surface area contributed by atoms with E-state index in [2.05, 4.69) is 20.5 Å². The highest BCUT2D eigenvalue weighted by Crippen LogP contribution is 2.27. The van der Waals surface area contributed by atoms with Crippen LogP contribution < -0.4 is 15.4 Å². The quantitative estimate of drug-likeness (QED) is 0.591. The van der Waals surface area contributed by atoms with Gasteiger partial charge >= 0.3 is 6.03 Å². The van der Waals surface area contributed by atoms with E-state index >= 15 is 0 Å². The second-order valence-electron chi connectivity index (χ2n) is 6.78. The number of thiazole rings is 1. The van der Waals surface area contributed by atoms with Gasteiger partial charge in [0, 0.05) is 23.1 Å². The maximum atomic E-state index is 12.3. The standard InChI is InChI=1S/C22H26N4O2S/c1-26(2)19(17-11-7-8-12-20(17)28-3)13-23-22(27)24-14-21-25-18(15-29-21)16-9-5-4-6-10-16/h4-12,15,19H,13-14H2,1-3H3,(H2,23,24,27). The van der Waals surface area contributed by atoms with Gasteiger partial charge in [-0.1, -0.05) is 48.5 Å². The van der Waals surface area contributed by atoms with Crippen LogP contribution in [0.4, 0.5) is 4.79 Å². The summed E-state index contributed by atoms with van der Waals surface area (Å²) in [6.07, 6.45) is 0. The number of nitrogens with zero attached hydrogens (tertiary/aromatic N) is 2. The van der Waals surface area contributed by atoms with Crippen LogP contribution in [0.5, 0.6) is 5.75 Å². The Balaban J connectivity index is 1.54. The summed E-state index contributed by atoms with van der Waals surface area (Å²) in [5.74, 6) is 0.810. The maximum Gasteiger partial charge on any atom is 0.315 e. The number of benzene rings is 2. The first-order chi connectivity index (χ1) is 14.1. The van der Waals surface area contributed by atoms with E-state index in [1.165, 1.54) is 11.3 Å². The Morgan fingerprint density at radius 2 is 1.83 bits per heavy atom. The minimum atomic E-state index is -0.219. The number of carbonyl (C=O) groups excluding carboxylic acids is 1. The first-order valence-corrected chi connectivity index (χ1v) is 10.3. The van der Waals surface area contributed by atoms with Gasteiger partial charge in [-0.15, -0.1) is 11.3 Å². The van der Waals surface area contributed by atoms with Crippen LogP contribution in [0.3, 0.4) is 0 Å². The molecule has 0 spiro atoms. The number of amides is 2. The Kier molecular flexibility index (Phi) is 7.21. The number of aromatic nitrogens is 1. The second-order valence-corrected chi connectivity index (χ2v) is 7.72. The fraction of sp³-hybridized carbons (Fsp3) is 0.273. The van der Waals surface area contributed by atoms with Crippen LogP contribution in [-0.4, -0.2) is 43.7 Å². The van der Waals surface area contributed by atoms with Crippen molar-refractivity contribution in [3.05, 3.63) is 70.5 Å². The predicted octanol–water partition coefficient (Wildman–Crippen LogP) is 3.92. The molecule has 0 aliphatic rings. The molecular formula is C22H26N4O2S. The number of likely N-dealkylation sites (N-methyl/N-ethyl adjacent to an activating group) is 1. The summed E-state index contributed by atoms with van der Waals surface area (Å²) in [6, 6.07) is 17.7. The van der Waals surface area contributed by atoms with E-state index in [0.29, 0.717) is 13.1 Å². The average Bonchev–Trinajstić information content (AvgIpc) is 3.22. The van der Waals surface area contributed by atoms with Crippen molar-refractivity contribution in [3.8, 4) is 17.0 Å². The van der Waals surface area contributed by atoms with Gasteiger partial charge < -0.3 is 20.3 Å². The Hall–Kier alpha value is -2.90. The molecule has 1 atom stereocenters. The number of rotatable bonds is 8. The van der Waals surface area contributed by atoms with Gasteiger partial charge in [-0.2, -0.15) is 0 Å². The lowest BCUT2D eigenvalue weighted by atomic mass is 10.0. The molecule has 0 saturated heterocycles. The fourth-order valence-electron chi connectivity index (χ4n) is 3.05. The smallest absolute Gasteiger partial charge is 0.315 e. The minimum Gasteiger partial charge on any atom is -0.496 e. The summed E-state index contributed by atoms with van der Waals surface area (Å²) in [7, 11) is 5.62. The molecule has 0 aliphatic heterocycles. The minimum absolute atomic E-state index is 0.00134. The normalized spacial score (nSPS) is 11.9. The average molecular weight is 411 g/mol. The van der Waals surface area contributed by atoms with Crippen LogP contribution in [0.15, 0.2) is 60.0 Å². The van der Waals surface area contributed by atoms with Crippen molar-refractivity contribution in [2.24, 2.45) is 0 Å². The summed E-state index contributed by atoms with van der Waals surface area (Å²) >= 11 is 1.54. The van der Waals surface area contributed by atoms with E-state index < -0.39 is 0 Å². The largest absolute Gasteiger partial charge is 0.496 e. The van der Waals surface area contributed by atoms with E-state index in [4.69, 9.17) is 4.74 Å². The molecule has 2 amide bonds. The number of para-hydroxylation sites is 1. The molecule has 0 aliphatic carbocycles. The topological polar surface area (TPSA) is 66.5 Å². The van der Waals surface area contributed by atoms with Gasteiger partial charge in [0.25, 0.3) is 0 Å². The summed E-state index contributed by atoms with van der Waals surface area (Å²) in [6.45, 7) is 0.858. The molecule has 3 aromatic rings. The van der Waals surface area contributed by atoms with Gasteiger partial charge in [-0.05, 0) is 20.2 Å². The third-order valence-electron chi connectivity index (χ3n) is 4.60. The van der Waals surface area contributed by atoms with Gasteiger partial charge in [0.1, 0.15) is 10.8 Å². The zero-order valence-corrected chi connectivity index (χ0v) is 17.7. The van der Waals surface area contributed by atoms with Crippen molar-refractivity contribution in [1.82, 2.24) is 20.5 Å². The Bertz CT molecular complexity index is 927. The first-order valence-electron chi connectivity index (χ1n) is 9.39. The van der Waals surface area contributed by atoms with Gasteiger partial charge in [0.05, 0.1) is 25.4 Å². The molecule has 0 radical (unpaired) electrons. The van der Waals surface area contributed by atoms with Crippen molar-refractivity contribution in [2.75, 3.05) is 27.7 Å². The molecule has 1 aromatic heterocycles. The molecule has 6 nitrogen and oxygen atoms in total. The van der Waals surface area contributed by atoms with Crippen LogP contribution in [0.1, 0.15) is 16.6 Å². The van der Waals surface area contributed by atoms with Gasteiger partial charge in [0.15, 0.2) is 0 Å². The molecule has 0 saturated carbocycles. The SMILES string of the molecule is COc1ccccc1C(CNC(=O)NCc1nc(-c2ccccc2)cs1)N(C)C. The van der Waals surface area contributed by atoms with Gasteiger partial charge in [0.2, 0.25) is 0 Å². The van der Waals surface area contributed by atoms with Crippen molar-refractivity contribution in [2.45, 2.75) is 12.6 Å². The predicted molar refractivity (Wildman–Crippen MR) is 117 cm³/mol. The fourth-order valence-corrected chi connectivity index (χ4v) is 3.80. The molecule has 1 heterocycles. The number of hydrogen-bond donors (Lipinski definition) is 2. The van der Waals surface area contributed by atoms with Crippen LogP contribution in [0, 0.1) is 0 Å². The second kappa shape index (κ2) is 10.0. The number of methoxy groups -OCH3 is 1. The molecule has 7 heteroatoms. The molecule has 152 valence electrons. The van der Waals surface area contributed by atoms with Crippen molar-refractivity contribution < 1.29 is 9.53 Å². The first kappa shape index (κ1) is 20.8. The molecule has 0 bridgehead atoms. The third kappa shape index (κ3) is 5.56. The van der Waals surface area contributed by atoms with E-state index in [0.717, 1.165) is 27.6 Å². The summed E-state index contributed by atoms with van der Waals surface area (Å²) in [5, 5.41) is 8.71. The van der Waals surface area contributed by atoms with E-state index in [9.17, 15) is 4.79 Å². The Morgan fingerprint density at radius 1 is 1.10 bits per heavy atom. The Morgan fingerprint density at radius 3 is 2.55 bits per heavy atom. The zero-order chi connectivity index (χ0) is 20.6. The van der Waals surface area contributed by atoms with E-state index in [1.54, 1.807) is 7.11 Å². The number of hydrogen-bond acceptors (Lipinski definition) is 5. The number of carbonyl (C=O) groups is 1. The summed E-state index contributed by atoms with van der Waals surface area (Å²) in [5.41, 5.74) is 3.04. The molecule has 0 fully saturated rings. The van der Waals surface area contributed by atoms with Gasteiger partial charge in [-0.3, -0.25) is 0 Å². The molecule has 29 heavy (non-hydrogen) atoms. The van der Waals surface area contributed by atoms with Crippen molar-refractivity contribution in [3.63, 3.8) is 0 Å². The van der Waals surface area contributed by atoms with Crippen molar-refractivity contribution in [1.29, 1.82) is 0 Å². The summed E-state index contributed by atoms with van der Waals surface area (Å²) in [4.78, 5) is 19.0. The lowest BCUT2D eigenvalue weighted by Crippen LogP contribution is -2.40. The maximum absolute atomic E-state index is 12.3. The van der Waals surface area contributed by atoms with Gasteiger partial charge in [-0.25, -0.2) is 9.78 Å². The molecule has 2 aromatic carbocycles. The van der Waals surface area contributed by atoms with Crippen LogP contribution >= 0.6 is 11.3 Å². The van der Waals surface area contributed by atoms with E-state index in [-0.39, 0.29) is 12.1 Å². The summed E-state index contributed by atoms with van der Waals surface area (Å²) < 4.78 is 5.47. The van der Waals surface area contributed by atoms with Crippen molar-refractivity contribution >= 4 is 17.4 Å². The highest BCUT2D eigenvalue weighted by Gasteiger charge is 2.19. The Labute approximate surface area is 175 Å². The molecule has 3 rings (SSSR count). The third-order valence-corrected chi connectivity index (χ3v) is 5.45. The highest BCUT2D eigenvalue weighted by atomic mass is 32.1. The monoisotopic (exact) mass is 410 g/mol. The highest BCUT2D eigenvalue weighted by molar-refractivity contribution is 7.09. The zero-order valence-electron chi connectivity index (χ0n) is 16.9. The molecule has 1 unspecified atom stereocenters. The lowest BCUT2D eigenvalue weighted by molar-refractivity contribution is 0.231.